The van der Waals surface area contributed by atoms with Gasteiger partial charge in [-0.2, -0.15) is 0 Å². The number of Topliss-reactive ketones (excluding diaryl/α,β-unsaturated/α-hetero) is 1. The van der Waals surface area contributed by atoms with E-state index in [1.807, 2.05) is 12.1 Å². The monoisotopic (exact) mass is 415 g/mol. The lowest BCUT2D eigenvalue weighted by molar-refractivity contribution is -0.114. The first kappa shape index (κ1) is 22.1. The molecule has 1 amide bonds. The number of anilines is 1. The van der Waals surface area contributed by atoms with Gasteiger partial charge in [-0.15, -0.1) is 0 Å². The lowest BCUT2D eigenvalue weighted by Gasteiger charge is -2.34. The summed E-state index contributed by atoms with van der Waals surface area (Å²) in [4.78, 5) is 28.5. The molecule has 1 heterocycles. The number of ketones is 1. The van der Waals surface area contributed by atoms with E-state index in [1.165, 1.54) is 37.3 Å². The lowest BCUT2D eigenvalue weighted by Crippen LogP contribution is -2.46. The molecule has 0 atom stereocenters. The maximum absolute atomic E-state index is 13.5. The fourth-order valence-electron chi connectivity index (χ4n) is 3.67. The summed E-state index contributed by atoms with van der Waals surface area (Å²) in [5.74, 6) is -1.15. The van der Waals surface area contributed by atoms with Crippen LogP contribution >= 0.6 is 0 Å². The summed E-state index contributed by atoms with van der Waals surface area (Å²) in [5, 5.41) is 2.53. The second kappa shape index (κ2) is 10.4. The fraction of sp³-hybridized carbons (Fsp3) is 0.391. The highest BCUT2D eigenvalue weighted by Gasteiger charge is 2.18. The summed E-state index contributed by atoms with van der Waals surface area (Å²) >= 11 is 0. The molecule has 0 radical (unpaired) electrons. The summed E-state index contributed by atoms with van der Waals surface area (Å²) < 4.78 is 26.5. The van der Waals surface area contributed by atoms with Crippen molar-refractivity contribution in [3.8, 4) is 0 Å². The molecule has 0 aromatic heterocycles. The minimum absolute atomic E-state index is 0.103. The third kappa shape index (κ3) is 6.43. The number of carbonyl (C=O) groups excluding carboxylic acids is 2. The Bertz CT molecular complexity index is 879. The molecule has 1 saturated heterocycles. The van der Waals surface area contributed by atoms with E-state index in [9.17, 15) is 18.4 Å². The molecule has 1 aliphatic rings. The standard InChI is InChI=1S/C23H27F2N3O2/c1-17(29)26-22-15-20(25)8-9-21(22)23(30)3-2-10-27-11-13-28(14-12-27)16-18-4-6-19(24)7-5-18/h4-9,15H,2-3,10-14,16H2,1H3,(H,26,29). The SMILES string of the molecule is CC(=O)Nc1cc(F)ccc1C(=O)CCCN1CCN(Cc2ccc(F)cc2)CC1. The number of rotatable bonds is 8. The van der Waals surface area contributed by atoms with Crippen molar-refractivity contribution in [1.29, 1.82) is 0 Å². The van der Waals surface area contributed by atoms with Gasteiger partial charge in [-0.05, 0) is 48.9 Å². The van der Waals surface area contributed by atoms with Crippen LogP contribution in [-0.4, -0.2) is 54.2 Å². The zero-order valence-electron chi connectivity index (χ0n) is 17.2. The smallest absolute Gasteiger partial charge is 0.221 e. The Balaban J connectivity index is 1.42. The molecule has 1 N–H and O–H groups in total. The van der Waals surface area contributed by atoms with E-state index in [-0.39, 0.29) is 23.2 Å². The van der Waals surface area contributed by atoms with Crippen LogP contribution in [0.3, 0.4) is 0 Å². The molecular formula is C23H27F2N3O2. The van der Waals surface area contributed by atoms with Gasteiger partial charge in [0.1, 0.15) is 11.6 Å². The molecule has 5 nitrogen and oxygen atoms in total. The maximum Gasteiger partial charge on any atom is 0.221 e. The highest BCUT2D eigenvalue weighted by molar-refractivity contribution is 6.04. The molecule has 3 rings (SSSR count). The van der Waals surface area contributed by atoms with Gasteiger partial charge in [0.2, 0.25) is 5.91 Å². The summed E-state index contributed by atoms with van der Waals surface area (Å²) in [6.45, 7) is 6.64. The zero-order chi connectivity index (χ0) is 21.5. The molecule has 30 heavy (non-hydrogen) atoms. The third-order valence-electron chi connectivity index (χ3n) is 5.26. The van der Waals surface area contributed by atoms with Gasteiger partial charge >= 0.3 is 0 Å². The van der Waals surface area contributed by atoms with E-state index in [2.05, 4.69) is 15.1 Å². The van der Waals surface area contributed by atoms with Crippen LogP contribution in [0.5, 0.6) is 0 Å². The fourth-order valence-corrected chi connectivity index (χ4v) is 3.67. The number of hydrogen-bond acceptors (Lipinski definition) is 4. The van der Waals surface area contributed by atoms with E-state index in [0.717, 1.165) is 44.8 Å². The number of hydrogen-bond donors (Lipinski definition) is 1. The van der Waals surface area contributed by atoms with Gasteiger partial charge in [-0.25, -0.2) is 8.78 Å². The Hall–Kier alpha value is -2.64. The molecule has 0 spiro atoms. The quantitative estimate of drug-likeness (QED) is 0.668. The van der Waals surface area contributed by atoms with Crippen molar-refractivity contribution in [1.82, 2.24) is 9.80 Å². The minimum Gasteiger partial charge on any atom is -0.326 e. The van der Waals surface area contributed by atoms with Crippen molar-refractivity contribution >= 4 is 17.4 Å². The van der Waals surface area contributed by atoms with E-state index in [1.54, 1.807) is 0 Å². The highest BCUT2D eigenvalue weighted by Crippen LogP contribution is 2.20. The maximum atomic E-state index is 13.5. The summed E-state index contributed by atoms with van der Waals surface area (Å²) in [7, 11) is 0. The number of amides is 1. The number of piperazine rings is 1. The largest absolute Gasteiger partial charge is 0.326 e. The molecule has 0 unspecified atom stereocenters. The predicted octanol–water partition coefficient (Wildman–Crippen LogP) is 3.70. The molecule has 0 saturated carbocycles. The van der Waals surface area contributed by atoms with Crippen LogP contribution in [0.2, 0.25) is 0 Å². The second-order valence-electron chi connectivity index (χ2n) is 7.64. The number of carbonyl (C=O) groups is 2. The Morgan fingerprint density at radius 2 is 1.57 bits per heavy atom. The topological polar surface area (TPSA) is 52.7 Å². The van der Waals surface area contributed by atoms with Crippen molar-refractivity contribution in [2.45, 2.75) is 26.3 Å². The predicted molar refractivity (Wildman–Crippen MR) is 112 cm³/mol. The van der Waals surface area contributed by atoms with Gasteiger partial charge in [0, 0.05) is 51.6 Å². The van der Waals surface area contributed by atoms with Gasteiger partial charge in [0.05, 0.1) is 5.69 Å². The molecule has 0 bridgehead atoms. The number of nitrogens with one attached hydrogen (secondary N) is 1. The highest BCUT2D eigenvalue weighted by atomic mass is 19.1. The minimum atomic E-state index is -0.492. The first-order chi connectivity index (χ1) is 14.4. The van der Waals surface area contributed by atoms with Crippen LogP contribution in [0, 0.1) is 11.6 Å². The number of benzene rings is 2. The lowest BCUT2D eigenvalue weighted by atomic mass is 10.0. The average molecular weight is 415 g/mol. The van der Waals surface area contributed by atoms with Crippen LogP contribution in [0.25, 0.3) is 0 Å². The van der Waals surface area contributed by atoms with Crippen LogP contribution in [0.15, 0.2) is 42.5 Å². The Morgan fingerprint density at radius 1 is 0.933 bits per heavy atom. The van der Waals surface area contributed by atoms with Gasteiger partial charge in [0.25, 0.3) is 0 Å². The molecule has 1 aliphatic heterocycles. The van der Waals surface area contributed by atoms with Crippen molar-refractivity contribution in [2.75, 3.05) is 38.0 Å². The Morgan fingerprint density at radius 3 is 2.23 bits per heavy atom. The van der Waals surface area contributed by atoms with Crippen LogP contribution in [0.1, 0.15) is 35.7 Å². The van der Waals surface area contributed by atoms with E-state index in [4.69, 9.17) is 0 Å². The molecule has 1 fully saturated rings. The number of halogens is 2. The van der Waals surface area contributed by atoms with Gasteiger partial charge < -0.3 is 10.2 Å². The van der Waals surface area contributed by atoms with Crippen molar-refractivity contribution in [3.63, 3.8) is 0 Å². The molecular weight excluding hydrogens is 388 g/mol. The first-order valence-corrected chi connectivity index (χ1v) is 10.2. The third-order valence-corrected chi connectivity index (χ3v) is 5.26. The van der Waals surface area contributed by atoms with Crippen molar-refractivity contribution in [3.05, 3.63) is 65.2 Å². The number of nitrogens with zero attached hydrogens (tertiary/aromatic N) is 2. The average Bonchev–Trinajstić information content (AvgIpc) is 2.70. The van der Waals surface area contributed by atoms with Gasteiger partial charge in [0.15, 0.2) is 5.78 Å². The van der Waals surface area contributed by atoms with E-state index >= 15 is 0 Å². The van der Waals surface area contributed by atoms with Gasteiger partial charge in [-0.1, -0.05) is 12.1 Å². The Kier molecular flexibility index (Phi) is 7.65. The first-order valence-electron chi connectivity index (χ1n) is 10.2. The van der Waals surface area contributed by atoms with E-state index < -0.39 is 5.82 Å². The molecule has 7 heteroatoms. The van der Waals surface area contributed by atoms with E-state index in [0.29, 0.717) is 18.4 Å². The Labute approximate surface area is 175 Å². The van der Waals surface area contributed by atoms with Crippen molar-refractivity contribution < 1.29 is 18.4 Å². The van der Waals surface area contributed by atoms with Crippen LogP contribution in [-0.2, 0) is 11.3 Å². The summed E-state index contributed by atoms with van der Waals surface area (Å²) in [6.07, 6.45) is 1.04. The van der Waals surface area contributed by atoms with Crippen LogP contribution < -0.4 is 5.32 Å². The summed E-state index contributed by atoms with van der Waals surface area (Å²) in [5.41, 5.74) is 1.67. The zero-order valence-corrected chi connectivity index (χ0v) is 17.2. The second-order valence-corrected chi connectivity index (χ2v) is 7.64. The normalized spacial score (nSPS) is 15.2. The molecule has 2 aromatic rings. The summed E-state index contributed by atoms with van der Waals surface area (Å²) in [6, 6.07) is 10.4. The van der Waals surface area contributed by atoms with Crippen molar-refractivity contribution in [2.24, 2.45) is 0 Å². The van der Waals surface area contributed by atoms with Gasteiger partial charge in [-0.3, -0.25) is 14.5 Å². The molecule has 0 aliphatic carbocycles. The molecule has 160 valence electrons. The van der Waals surface area contributed by atoms with Crippen LogP contribution in [0.4, 0.5) is 14.5 Å². The molecule has 2 aromatic carbocycles.